The van der Waals surface area contributed by atoms with Crippen molar-refractivity contribution in [3.8, 4) is 0 Å². The standard InChI is InChI=1S/C15H23ClN2/c1-12-6-7-15(14(16)11-12)17-9-8-13-5-3-4-10-18(13)2/h6-7,11,13,17H,3-5,8-10H2,1-2H3. The van der Waals surface area contributed by atoms with Gasteiger partial charge in [-0.15, -0.1) is 0 Å². The van der Waals surface area contributed by atoms with Crippen molar-refractivity contribution < 1.29 is 0 Å². The Balaban J connectivity index is 1.81. The average molecular weight is 267 g/mol. The van der Waals surface area contributed by atoms with Crippen LogP contribution in [0.2, 0.25) is 5.02 Å². The van der Waals surface area contributed by atoms with Crippen LogP contribution >= 0.6 is 11.6 Å². The van der Waals surface area contributed by atoms with Crippen LogP contribution in [-0.4, -0.2) is 31.1 Å². The minimum Gasteiger partial charge on any atom is -0.384 e. The summed E-state index contributed by atoms with van der Waals surface area (Å²) in [7, 11) is 2.24. The first-order valence-corrected chi connectivity index (χ1v) is 7.25. The summed E-state index contributed by atoms with van der Waals surface area (Å²) in [5.41, 5.74) is 2.26. The number of halogens is 1. The molecule has 2 nitrogen and oxygen atoms in total. The lowest BCUT2D eigenvalue weighted by Gasteiger charge is -2.32. The minimum atomic E-state index is 0.732. The highest BCUT2D eigenvalue weighted by Crippen LogP contribution is 2.23. The fraction of sp³-hybridized carbons (Fsp3) is 0.600. The molecule has 1 unspecified atom stereocenters. The molecule has 0 bridgehead atoms. The molecule has 18 heavy (non-hydrogen) atoms. The number of likely N-dealkylation sites (tertiary alicyclic amines) is 1. The number of anilines is 1. The molecule has 1 aromatic rings. The molecule has 100 valence electrons. The van der Waals surface area contributed by atoms with Gasteiger partial charge in [-0.1, -0.05) is 24.1 Å². The van der Waals surface area contributed by atoms with E-state index in [1.807, 2.05) is 6.07 Å². The number of benzene rings is 1. The molecule has 0 aliphatic carbocycles. The van der Waals surface area contributed by atoms with Crippen LogP contribution in [0.4, 0.5) is 5.69 Å². The Morgan fingerprint density at radius 3 is 2.94 bits per heavy atom. The zero-order chi connectivity index (χ0) is 13.0. The first-order valence-electron chi connectivity index (χ1n) is 6.87. The Morgan fingerprint density at radius 1 is 1.39 bits per heavy atom. The molecule has 0 aromatic heterocycles. The van der Waals surface area contributed by atoms with Gasteiger partial charge >= 0.3 is 0 Å². The van der Waals surface area contributed by atoms with Crippen molar-refractivity contribution in [2.75, 3.05) is 25.5 Å². The number of nitrogens with one attached hydrogen (secondary N) is 1. The van der Waals surface area contributed by atoms with Crippen LogP contribution in [-0.2, 0) is 0 Å². The van der Waals surface area contributed by atoms with Crippen molar-refractivity contribution in [2.24, 2.45) is 0 Å². The van der Waals surface area contributed by atoms with Crippen molar-refractivity contribution in [3.05, 3.63) is 28.8 Å². The Bertz CT molecular complexity index is 392. The summed E-state index contributed by atoms with van der Waals surface area (Å²) in [4.78, 5) is 2.49. The number of hydrogen-bond donors (Lipinski definition) is 1. The molecule has 1 atom stereocenters. The van der Waals surface area contributed by atoms with E-state index in [-0.39, 0.29) is 0 Å². The first-order chi connectivity index (χ1) is 8.66. The lowest BCUT2D eigenvalue weighted by Crippen LogP contribution is -2.37. The number of rotatable bonds is 4. The van der Waals surface area contributed by atoms with E-state index in [0.29, 0.717) is 0 Å². The maximum atomic E-state index is 6.21. The van der Waals surface area contributed by atoms with Crippen LogP contribution in [0, 0.1) is 6.92 Å². The van der Waals surface area contributed by atoms with Gasteiger partial charge in [0.05, 0.1) is 10.7 Å². The Labute approximate surface area is 115 Å². The largest absolute Gasteiger partial charge is 0.384 e. The van der Waals surface area contributed by atoms with Crippen LogP contribution in [0.25, 0.3) is 0 Å². The molecule has 0 spiro atoms. The summed E-state index contributed by atoms with van der Waals surface area (Å²) < 4.78 is 0. The maximum Gasteiger partial charge on any atom is 0.0640 e. The third kappa shape index (κ3) is 3.63. The van der Waals surface area contributed by atoms with Crippen LogP contribution < -0.4 is 5.32 Å². The summed E-state index contributed by atoms with van der Waals surface area (Å²) in [6, 6.07) is 6.91. The van der Waals surface area contributed by atoms with E-state index in [2.05, 4.69) is 36.3 Å². The molecular weight excluding hydrogens is 244 g/mol. The van der Waals surface area contributed by atoms with Crippen LogP contribution in [0.3, 0.4) is 0 Å². The summed E-state index contributed by atoms with van der Waals surface area (Å²) in [5, 5.41) is 4.28. The fourth-order valence-electron chi connectivity index (χ4n) is 2.65. The maximum absolute atomic E-state index is 6.21. The Kier molecular flexibility index (Phi) is 4.90. The number of nitrogens with zero attached hydrogens (tertiary/aromatic N) is 1. The fourth-order valence-corrected chi connectivity index (χ4v) is 2.95. The molecule has 3 heteroatoms. The highest BCUT2D eigenvalue weighted by Gasteiger charge is 2.18. The molecular formula is C15H23ClN2. The molecule has 0 saturated carbocycles. The predicted molar refractivity (Wildman–Crippen MR) is 79.6 cm³/mol. The van der Waals surface area contributed by atoms with E-state index in [4.69, 9.17) is 11.6 Å². The molecule has 0 amide bonds. The van der Waals surface area contributed by atoms with Crippen molar-refractivity contribution in [1.29, 1.82) is 0 Å². The SMILES string of the molecule is Cc1ccc(NCCC2CCCCN2C)c(Cl)c1. The van der Waals surface area contributed by atoms with Gasteiger partial charge in [0, 0.05) is 12.6 Å². The van der Waals surface area contributed by atoms with Gasteiger partial charge in [-0.3, -0.25) is 0 Å². The second-order valence-corrected chi connectivity index (χ2v) is 5.74. The van der Waals surface area contributed by atoms with E-state index >= 15 is 0 Å². The lowest BCUT2D eigenvalue weighted by atomic mass is 10.0. The average Bonchev–Trinajstić information content (AvgIpc) is 2.34. The predicted octanol–water partition coefficient (Wildman–Crippen LogP) is 3.93. The third-order valence-electron chi connectivity index (χ3n) is 3.84. The van der Waals surface area contributed by atoms with Gasteiger partial charge in [0.2, 0.25) is 0 Å². The van der Waals surface area contributed by atoms with Gasteiger partial charge in [0.15, 0.2) is 0 Å². The monoisotopic (exact) mass is 266 g/mol. The summed E-state index contributed by atoms with van der Waals surface area (Å²) in [5.74, 6) is 0. The molecule has 1 N–H and O–H groups in total. The quantitative estimate of drug-likeness (QED) is 0.888. The Morgan fingerprint density at radius 2 is 2.22 bits per heavy atom. The molecule has 1 aliphatic heterocycles. The first kappa shape index (κ1) is 13.7. The summed E-state index contributed by atoms with van der Waals surface area (Å²) >= 11 is 6.21. The van der Waals surface area contributed by atoms with Crippen molar-refractivity contribution >= 4 is 17.3 Å². The van der Waals surface area contributed by atoms with E-state index < -0.39 is 0 Å². The van der Waals surface area contributed by atoms with Gasteiger partial charge in [0.1, 0.15) is 0 Å². The highest BCUT2D eigenvalue weighted by molar-refractivity contribution is 6.33. The number of aryl methyl sites for hydroxylation is 1. The van der Waals surface area contributed by atoms with Crippen molar-refractivity contribution in [1.82, 2.24) is 4.90 Å². The van der Waals surface area contributed by atoms with Gasteiger partial charge < -0.3 is 10.2 Å². The van der Waals surface area contributed by atoms with Crippen LogP contribution in [0.15, 0.2) is 18.2 Å². The van der Waals surface area contributed by atoms with E-state index in [0.717, 1.165) is 23.3 Å². The van der Waals surface area contributed by atoms with E-state index in [1.54, 1.807) is 0 Å². The Hall–Kier alpha value is -0.730. The topological polar surface area (TPSA) is 15.3 Å². The molecule has 0 radical (unpaired) electrons. The smallest absolute Gasteiger partial charge is 0.0640 e. The van der Waals surface area contributed by atoms with Gasteiger partial charge in [-0.05, 0) is 57.5 Å². The van der Waals surface area contributed by atoms with Gasteiger partial charge in [-0.2, -0.15) is 0 Å². The number of hydrogen-bond acceptors (Lipinski definition) is 2. The summed E-state index contributed by atoms with van der Waals surface area (Å²) in [6.45, 7) is 4.31. The third-order valence-corrected chi connectivity index (χ3v) is 4.15. The second-order valence-electron chi connectivity index (χ2n) is 5.33. The zero-order valence-electron chi connectivity index (χ0n) is 11.4. The van der Waals surface area contributed by atoms with Crippen molar-refractivity contribution in [3.63, 3.8) is 0 Å². The minimum absolute atomic E-state index is 0.732. The molecule has 1 saturated heterocycles. The van der Waals surface area contributed by atoms with Gasteiger partial charge in [0.25, 0.3) is 0 Å². The van der Waals surface area contributed by atoms with E-state index in [9.17, 15) is 0 Å². The number of piperidine rings is 1. The zero-order valence-corrected chi connectivity index (χ0v) is 12.1. The normalized spacial score (nSPS) is 20.9. The van der Waals surface area contributed by atoms with Crippen LogP contribution in [0.5, 0.6) is 0 Å². The highest BCUT2D eigenvalue weighted by atomic mass is 35.5. The van der Waals surface area contributed by atoms with Crippen LogP contribution in [0.1, 0.15) is 31.2 Å². The molecule has 2 rings (SSSR count). The summed E-state index contributed by atoms with van der Waals surface area (Å²) in [6.07, 6.45) is 5.25. The van der Waals surface area contributed by atoms with Gasteiger partial charge in [-0.25, -0.2) is 0 Å². The van der Waals surface area contributed by atoms with E-state index in [1.165, 1.54) is 37.8 Å². The molecule has 1 aromatic carbocycles. The molecule has 1 fully saturated rings. The second kappa shape index (κ2) is 6.44. The molecule has 1 heterocycles. The molecule has 1 aliphatic rings. The van der Waals surface area contributed by atoms with Crippen molar-refractivity contribution in [2.45, 2.75) is 38.6 Å². The lowest BCUT2D eigenvalue weighted by molar-refractivity contribution is 0.179.